The summed E-state index contributed by atoms with van der Waals surface area (Å²) in [7, 11) is 0. The first-order valence-corrected chi connectivity index (χ1v) is 5.18. The fourth-order valence-corrected chi connectivity index (χ4v) is 2.20. The van der Waals surface area contributed by atoms with Crippen LogP contribution in [0.2, 0.25) is 0 Å². The second-order valence-corrected chi connectivity index (χ2v) is 3.84. The van der Waals surface area contributed by atoms with Crippen LogP contribution in [-0.2, 0) is 4.79 Å². The maximum absolute atomic E-state index is 11.5. The molecule has 1 unspecified atom stereocenters. The Balaban J connectivity index is 2.72. The van der Waals surface area contributed by atoms with E-state index in [1.54, 1.807) is 0 Å². The molecule has 0 aliphatic carbocycles. The highest BCUT2D eigenvalue weighted by Gasteiger charge is 2.44. The molecule has 0 saturated carbocycles. The van der Waals surface area contributed by atoms with Gasteiger partial charge in [0.05, 0.1) is 0 Å². The third-order valence-corrected chi connectivity index (χ3v) is 3.51. The molecule has 1 fully saturated rings. The van der Waals surface area contributed by atoms with Crippen molar-refractivity contribution in [1.29, 1.82) is 0 Å². The highest BCUT2D eigenvalue weighted by atomic mass is 16.2. The van der Waals surface area contributed by atoms with E-state index in [-0.39, 0.29) is 17.5 Å². The summed E-state index contributed by atoms with van der Waals surface area (Å²) in [5, 5.41) is 0. The first kappa shape index (κ1) is 10.5. The molecule has 2 N–H and O–H groups in total. The van der Waals surface area contributed by atoms with Crippen LogP contribution in [0.1, 0.15) is 40.0 Å². The van der Waals surface area contributed by atoms with Crippen LogP contribution in [-0.4, -0.2) is 28.9 Å². The third kappa shape index (κ3) is 1.46. The van der Waals surface area contributed by atoms with Gasteiger partial charge in [0.1, 0.15) is 6.04 Å². The van der Waals surface area contributed by atoms with Crippen molar-refractivity contribution in [2.24, 2.45) is 5.73 Å². The Morgan fingerprint density at radius 2 is 1.85 bits per heavy atom. The average Bonchev–Trinajstić information content (AvgIpc) is 2.19. The van der Waals surface area contributed by atoms with E-state index in [1.165, 1.54) is 0 Å². The Morgan fingerprint density at radius 1 is 1.38 bits per heavy atom. The van der Waals surface area contributed by atoms with Gasteiger partial charge in [-0.1, -0.05) is 20.8 Å². The summed E-state index contributed by atoms with van der Waals surface area (Å²) in [5.74, 6) is 0.130. The lowest BCUT2D eigenvalue weighted by Gasteiger charge is -2.50. The Morgan fingerprint density at radius 3 is 2.08 bits per heavy atom. The fraction of sp³-hybridized carbons (Fsp3) is 0.900. The van der Waals surface area contributed by atoms with Gasteiger partial charge < -0.3 is 10.6 Å². The first-order chi connectivity index (χ1) is 6.11. The molecule has 0 spiro atoms. The molecule has 0 radical (unpaired) electrons. The van der Waals surface area contributed by atoms with Crippen LogP contribution in [0.3, 0.4) is 0 Å². The van der Waals surface area contributed by atoms with E-state index in [4.69, 9.17) is 5.73 Å². The molecule has 0 aromatic rings. The Hall–Kier alpha value is -0.570. The molecule has 1 aliphatic heterocycles. The summed E-state index contributed by atoms with van der Waals surface area (Å²) in [6.45, 7) is 7.17. The molecular formula is C10H20N2O. The van der Waals surface area contributed by atoms with Crippen molar-refractivity contribution >= 4 is 5.91 Å². The smallest absolute Gasteiger partial charge is 0.241 e. The van der Waals surface area contributed by atoms with Crippen LogP contribution in [0.25, 0.3) is 0 Å². The topological polar surface area (TPSA) is 46.3 Å². The predicted molar refractivity (Wildman–Crippen MR) is 53.3 cm³/mol. The van der Waals surface area contributed by atoms with Gasteiger partial charge in [-0.05, 0) is 19.3 Å². The van der Waals surface area contributed by atoms with Gasteiger partial charge in [-0.15, -0.1) is 0 Å². The van der Waals surface area contributed by atoms with Crippen LogP contribution >= 0.6 is 0 Å². The molecule has 0 aromatic carbocycles. The normalized spacial score (nSPS) is 23.2. The zero-order valence-electron chi connectivity index (χ0n) is 8.84. The van der Waals surface area contributed by atoms with Crippen molar-refractivity contribution in [1.82, 2.24) is 4.90 Å². The Bertz CT molecular complexity index is 191. The van der Waals surface area contributed by atoms with E-state index in [2.05, 4.69) is 20.8 Å². The van der Waals surface area contributed by atoms with Gasteiger partial charge in [0, 0.05) is 12.1 Å². The monoisotopic (exact) mass is 184 g/mol. The molecule has 1 heterocycles. The molecule has 0 bridgehead atoms. The van der Waals surface area contributed by atoms with E-state index >= 15 is 0 Å². The summed E-state index contributed by atoms with van der Waals surface area (Å²) in [5.41, 5.74) is 5.66. The number of nitrogens with two attached hydrogens (primary N) is 1. The number of nitrogens with zero attached hydrogens (tertiary/aromatic N) is 1. The van der Waals surface area contributed by atoms with E-state index < -0.39 is 0 Å². The molecule has 0 aromatic heterocycles. The minimum absolute atomic E-state index is 0.0763. The first-order valence-electron chi connectivity index (χ1n) is 5.18. The number of hydrogen-bond donors (Lipinski definition) is 1. The standard InChI is InChI=1S/C10H20N2O/c1-4-10(5-2,6-3)12-7-8(11)9(12)13/h8H,4-7,11H2,1-3H3. The predicted octanol–water partition coefficient (Wildman–Crippen LogP) is 1.12. The number of rotatable bonds is 4. The summed E-state index contributed by atoms with van der Waals surface area (Å²) < 4.78 is 0. The van der Waals surface area contributed by atoms with Gasteiger partial charge in [0.25, 0.3) is 0 Å². The molecule has 1 saturated heterocycles. The summed E-state index contributed by atoms with van der Waals surface area (Å²) >= 11 is 0. The number of carbonyl (C=O) groups is 1. The summed E-state index contributed by atoms with van der Waals surface area (Å²) in [6, 6.07) is -0.232. The van der Waals surface area contributed by atoms with E-state index in [0.717, 1.165) is 25.8 Å². The van der Waals surface area contributed by atoms with Gasteiger partial charge in [-0.3, -0.25) is 4.79 Å². The second kappa shape index (κ2) is 3.66. The van der Waals surface area contributed by atoms with Gasteiger partial charge in [0.2, 0.25) is 5.91 Å². The largest absolute Gasteiger partial charge is 0.334 e. The van der Waals surface area contributed by atoms with Crippen molar-refractivity contribution < 1.29 is 4.79 Å². The molecule has 1 aliphatic rings. The molecule has 3 nitrogen and oxygen atoms in total. The fourth-order valence-electron chi connectivity index (χ4n) is 2.20. The maximum atomic E-state index is 11.5. The zero-order chi connectivity index (χ0) is 10.1. The average molecular weight is 184 g/mol. The van der Waals surface area contributed by atoms with Crippen molar-refractivity contribution in [3.63, 3.8) is 0 Å². The quantitative estimate of drug-likeness (QED) is 0.666. The third-order valence-electron chi connectivity index (χ3n) is 3.51. The second-order valence-electron chi connectivity index (χ2n) is 3.84. The SMILES string of the molecule is CCC(CC)(CC)N1CC(N)C1=O. The van der Waals surface area contributed by atoms with Crippen LogP contribution in [0.5, 0.6) is 0 Å². The van der Waals surface area contributed by atoms with E-state index in [1.807, 2.05) is 4.90 Å². The number of β-lactam (4-membered cyclic amide) rings is 1. The molecular weight excluding hydrogens is 164 g/mol. The lowest BCUT2D eigenvalue weighted by atomic mass is 9.84. The molecule has 1 amide bonds. The van der Waals surface area contributed by atoms with E-state index in [0.29, 0.717) is 0 Å². The summed E-state index contributed by atoms with van der Waals surface area (Å²) in [4.78, 5) is 13.4. The van der Waals surface area contributed by atoms with Crippen LogP contribution in [0, 0.1) is 0 Å². The minimum atomic E-state index is -0.232. The minimum Gasteiger partial charge on any atom is -0.334 e. The van der Waals surface area contributed by atoms with E-state index in [9.17, 15) is 4.79 Å². The number of amides is 1. The number of hydrogen-bond acceptors (Lipinski definition) is 2. The van der Waals surface area contributed by atoms with Crippen LogP contribution in [0.4, 0.5) is 0 Å². The molecule has 1 atom stereocenters. The molecule has 3 heteroatoms. The lowest BCUT2D eigenvalue weighted by Crippen LogP contribution is -2.68. The number of likely N-dealkylation sites (tertiary alicyclic amines) is 1. The van der Waals surface area contributed by atoms with Crippen LogP contribution in [0.15, 0.2) is 0 Å². The van der Waals surface area contributed by atoms with Crippen molar-refractivity contribution in [2.45, 2.75) is 51.6 Å². The van der Waals surface area contributed by atoms with Gasteiger partial charge in [-0.2, -0.15) is 0 Å². The van der Waals surface area contributed by atoms with Crippen LogP contribution < -0.4 is 5.73 Å². The van der Waals surface area contributed by atoms with Crippen molar-refractivity contribution in [2.75, 3.05) is 6.54 Å². The Labute approximate surface area is 80.3 Å². The summed E-state index contributed by atoms with van der Waals surface area (Å²) in [6.07, 6.45) is 3.08. The molecule has 1 rings (SSSR count). The zero-order valence-corrected chi connectivity index (χ0v) is 8.84. The van der Waals surface area contributed by atoms with Crippen molar-refractivity contribution in [3.8, 4) is 0 Å². The van der Waals surface area contributed by atoms with Gasteiger partial charge in [0.15, 0.2) is 0 Å². The van der Waals surface area contributed by atoms with Gasteiger partial charge >= 0.3 is 0 Å². The molecule has 13 heavy (non-hydrogen) atoms. The molecule has 76 valence electrons. The Kier molecular flexibility index (Phi) is 2.96. The highest BCUT2D eigenvalue weighted by Crippen LogP contribution is 2.32. The van der Waals surface area contributed by atoms with Gasteiger partial charge in [-0.25, -0.2) is 0 Å². The highest BCUT2D eigenvalue weighted by molar-refractivity contribution is 5.88. The number of carbonyl (C=O) groups excluding carboxylic acids is 1. The lowest BCUT2D eigenvalue weighted by molar-refractivity contribution is -0.152. The maximum Gasteiger partial charge on any atom is 0.241 e. The van der Waals surface area contributed by atoms with Crippen molar-refractivity contribution in [3.05, 3.63) is 0 Å².